The summed E-state index contributed by atoms with van der Waals surface area (Å²) in [7, 11) is 1.46. The molecule has 0 spiro atoms. The van der Waals surface area contributed by atoms with Gasteiger partial charge in [0, 0.05) is 5.57 Å². The maximum atomic E-state index is 9.93. The summed E-state index contributed by atoms with van der Waals surface area (Å²) in [5, 5.41) is 18.8. The van der Waals surface area contributed by atoms with Gasteiger partial charge < -0.3 is 9.94 Å². The first-order valence-corrected chi connectivity index (χ1v) is 4.59. The first kappa shape index (κ1) is 14.4. The van der Waals surface area contributed by atoms with Gasteiger partial charge in [-0.2, -0.15) is 5.06 Å². The van der Waals surface area contributed by atoms with Crippen molar-refractivity contribution in [1.82, 2.24) is 5.06 Å². The van der Waals surface area contributed by atoms with Crippen molar-refractivity contribution in [2.75, 3.05) is 7.11 Å². The van der Waals surface area contributed by atoms with Crippen molar-refractivity contribution in [3.05, 3.63) is 11.6 Å². The van der Waals surface area contributed by atoms with Crippen LogP contribution in [0.15, 0.2) is 11.6 Å². The normalized spacial score (nSPS) is 22.9. The molecule has 4 nitrogen and oxygen atoms in total. The van der Waals surface area contributed by atoms with E-state index in [2.05, 4.69) is 0 Å². The third kappa shape index (κ3) is 2.17. The zero-order chi connectivity index (χ0) is 11.1. The summed E-state index contributed by atoms with van der Waals surface area (Å²) < 4.78 is 4.89. The molecule has 0 unspecified atom stereocenters. The summed E-state index contributed by atoms with van der Waals surface area (Å²) in [6.07, 6.45) is 1.86. The summed E-state index contributed by atoms with van der Waals surface area (Å²) in [6.45, 7) is 7.51. The molecular formula is C10H19ClN2O2. The Balaban J connectivity index is 0.00000196. The van der Waals surface area contributed by atoms with E-state index in [0.717, 1.165) is 0 Å². The van der Waals surface area contributed by atoms with Crippen LogP contribution in [-0.4, -0.2) is 34.4 Å². The SMILES string of the molecule is COC(=N)C1=CC(C)(C)N(O)C1(C)C.Cl. The highest BCUT2D eigenvalue weighted by Gasteiger charge is 2.46. The van der Waals surface area contributed by atoms with Crippen LogP contribution in [0, 0.1) is 5.41 Å². The second-order valence-electron chi connectivity index (χ2n) is 4.62. The molecule has 15 heavy (non-hydrogen) atoms. The van der Waals surface area contributed by atoms with Crippen LogP contribution in [0.3, 0.4) is 0 Å². The minimum absolute atomic E-state index is 0. The Hall–Kier alpha value is -0.580. The lowest BCUT2D eigenvalue weighted by Gasteiger charge is -2.35. The fourth-order valence-corrected chi connectivity index (χ4v) is 1.88. The summed E-state index contributed by atoms with van der Waals surface area (Å²) in [5.74, 6) is 0.111. The van der Waals surface area contributed by atoms with Gasteiger partial charge in [0.1, 0.15) is 0 Å². The van der Waals surface area contributed by atoms with Crippen LogP contribution in [0.5, 0.6) is 0 Å². The van der Waals surface area contributed by atoms with E-state index in [-0.39, 0.29) is 18.3 Å². The number of hydrogen-bond acceptors (Lipinski definition) is 4. The van der Waals surface area contributed by atoms with Crippen molar-refractivity contribution in [2.45, 2.75) is 38.8 Å². The van der Waals surface area contributed by atoms with Crippen molar-refractivity contribution in [2.24, 2.45) is 0 Å². The molecule has 0 aromatic heterocycles. The Morgan fingerprint density at radius 2 is 1.87 bits per heavy atom. The van der Waals surface area contributed by atoms with Gasteiger partial charge >= 0.3 is 0 Å². The standard InChI is InChI=1S/C10H18N2O2.ClH/c1-9(2)6-7(8(11)14-5)10(3,4)12(9)13;/h6,11,13H,1-5H3;1H. The number of nitrogens with zero attached hydrogens (tertiary/aromatic N) is 1. The van der Waals surface area contributed by atoms with E-state index in [1.807, 2.05) is 33.8 Å². The van der Waals surface area contributed by atoms with Gasteiger partial charge in [0.2, 0.25) is 5.90 Å². The van der Waals surface area contributed by atoms with Crippen LogP contribution in [0.25, 0.3) is 0 Å². The Morgan fingerprint density at radius 1 is 1.40 bits per heavy atom. The van der Waals surface area contributed by atoms with Gasteiger partial charge in [-0.05, 0) is 27.7 Å². The lowest BCUT2D eigenvalue weighted by Crippen LogP contribution is -2.48. The number of methoxy groups -OCH3 is 1. The van der Waals surface area contributed by atoms with Crippen molar-refractivity contribution in [1.29, 1.82) is 5.41 Å². The van der Waals surface area contributed by atoms with Gasteiger partial charge in [0.05, 0.1) is 18.2 Å². The summed E-state index contributed by atoms with van der Waals surface area (Å²) in [6, 6.07) is 0. The van der Waals surface area contributed by atoms with E-state index in [9.17, 15) is 5.21 Å². The second kappa shape index (κ2) is 4.12. The highest BCUT2D eigenvalue weighted by atomic mass is 35.5. The largest absolute Gasteiger partial charge is 0.481 e. The highest BCUT2D eigenvalue weighted by molar-refractivity contribution is 5.94. The Morgan fingerprint density at radius 3 is 2.13 bits per heavy atom. The van der Waals surface area contributed by atoms with Crippen LogP contribution >= 0.6 is 12.4 Å². The fraction of sp³-hybridized carbons (Fsp3) is 0.700. The van der Waals surface area contributed by atoms with E-state index in [1.54, 1.807) is 0 Å². The molecule has 0 aliphatic carbocycles. The average molecular weight is 235 g/mol. The molecule has 0 fully saturated rings. The molecule has 88 valence electrons. The van der Waals surface area contributed by atoms with Gasteiger partial charge in [-0.25, -0.2) is 0 Å². The first-order valence-electron chi connectivity index (χ1n) is 4.59. The number of halogens is 1. The van der Waals surface area contributed by atoms with Crippen LogP contribution in [0.2, 0.25) is 0 Å². The zero-order valence-corrected chi connectivity index (χ0v) is 10.6. The van der Waals surface area contributed by atoms with E-state index >= 15 is 0 Å². The number of rotatable bonds is 1. The van der Waals surface area contributed by atoms with Gasteiger partial charge in [-0.1, -0.05) is 6.08 Å². The molecule has 2 N–H and O–H groups in total. The van der Waals surface area contributed by atoms with Crippen LogP contribution in [0.1, 0.15) is 27.7 Å². The molecule has 0 bridgehead atoms. The van der Waals surface area contributed by atoms with Crippen molar-refractivity contribution in [3.8, 4) is 0 Å². The second-order valence-corrected chi connectivity index (χ2v) is 4.62. The molecule has 0 amide bonds. The predicted octanol–water partition coefficient (Wildman–Crippen LogP) is 2.22. The number of nitrogens with one attached hydrogen (secondary N) is 1. The summed E-state index contributed by atoms with van der Waals surface area (Å²) >= 11 is 0. The average Bonchev–Trinajstić information content (AvgIpc) is 2.25. The van der Waals surface area contributed by atoms with Gasteiger partial charge in [-0.15, -0.1) is 12.4 Å². The van der Waals surface area contributed by atoms with Gasteiger partial charge in [0.25, 0.3) is 0 Å². The van der Waals surface area contributed by atoms with Crippen molar-refractivity contribution < 1.29 is 9.94 Å². The van der Waals surface area contributed by atoms with Crippen LogP contribution in [0.4, 0.5) is 0 Å². The summed E-state index contributed by atoms with van der Waals surface area (Å²) in [4.78, 5) is 0. The van der Waals surface area contributed by atoms with Crippen molar-refractivity contribution >= 4 is 18.3 Å². The lowest BCUT2D eigenvalue weighted by molar-refractivity contribution is -0.184. The Bertz CT molecular complexity index is 298. The molecule has 1 aliphatic rings. The van der Waals surface area contributed by atoms with E-state index in [0.29, 0.717) is 5.57 Å². The van der Waals surface area contributed by atoms with Crippen molar-refractivity contribution in [3.63, 3.8) is 0 Å². The smallest absolute Gasteiger partial charge is 0.210 e. The molecule has 0 aromatic rings. The number of hydroxylamine groups is 2. The molecule has 0 aromatic carbocycles. The molecule has 1 rings (SSSR count). The topological polar surface area (TPSA) is 56.5 Å². The molecular weight excluding hydrogens is 216 g/mol. The third-order valence-electron chi connectivity index (χ3n) is 2.68. The maximum Gasteiger partial charge on any atom is 0.210 e. The molecule has 1 heterocycles. The summed E-state index contributed by atoms with van der Waals surface area (Å²) in [5.41, 5.74) is -0.312. The molecule has 0 saturated heterocycles. The minimum atomic E-state index is -0.573. The minimum Gasteiger partial charge on any atom is -0.481 e. The quantitative estimate of drug-likeness (QED) is 0.540. The van der Waals surface area contributed by atoms with Gasteiger partial charge in [0.15, 0.2) is 0 Å². The molecule has 0 radical (unpaired) electrons. The monoisotopic (exact) mass is 234 g/mol. The van der Waals surface area contributed by atoms with E-state index in [4.69, 9.17) is 10.1 Å². The Labute approximate surface area is 96.8 Å². The number of ether oxygens (including phenoxy) is 1. The molecule has 0 saturated carbocycles. The Kier molecular flexibility index (Phi) is 3.96. The van der Waals surface area contributed by atoms with E-state index in [1.165, 1.54) is 12.2 Å². The first-order chi connectivity index (χ1) is 6.23. The van der Waals surface area contributed by atoms with Crippen LogP contribution < -0.4 is 0 Å². The van der Waals surface area contributed by atoms with Crippen LogP contribution in [-0.2, 0) is 4.74 Å². The van der Waals surface area contributed by atoms with Gasteiger partial charge in [-0.3, -0.25) is 5.41 Å². The maximum absolute atomic E-state index is 9.93. The predicted molar refractivity (Wildman–Crippen MR) is 61.9 cm³/mol. The molecule has 5 heteroatoms. The lowest BCUT2D eigenvalue weighted by atomic mass is 9.96. The molecule has 1 aliphatic heterocycles. The zero-order valence-electron chi connectivity index (χ0n) is 9.79. The fourth-order valence-electron chi connectivity index (χ4n) is 1.88. The van der Waals surface area contributed by atoms with E-state index < -0.39 is 11.1 Å². The third-order valence-corrected chi connectivity index (χ3v) is 2.68. The number of hydrogen-bond donors (Lipinski definition) is 2. The molecule has 0 atom stereocenters. The highest BCUT2D eigenvalue weighted by Crippen LogP contribution is 2.38.